The van der Waals surface area contributed by atoms with Crippen molar-refractivity contribution in [3.05, 3.63) is 107 Å². The van der Waals surface area contributed by atoms with E-state index >= 15 is 0 Å². The molecule has 1 N–H and O–H groups in total. The number of hydrogen-bond acceptors (Lipinski definition) is 1. The molecule has 2 heteroatoms. The normalized spacial score (nSPS) is 11.4. The van der Waals surface area contributed by atoms with E-state index in [0.29, 0.717) is 5.33 Å². The maximum atomic E-state index is 11.7. The predicted molar refractivity (Wildman–Crippen MR) is 94.1 cm³/mol. The van der Waals surface area contributed by atoms with Gasteiger partial charge in [-0.05, 0) is 22.3 Å². The minimum atomic E-state index is -1.16. The molecule has 0 saturated carbocycles. The molecule has 0 aliphatic rings. The largest absolute Gasteiger partial charge is 0.376 e. The van der Waals surface area contributed by atoms with E-state index in [9.17, 15) is 5.11 Å². The molecule has 0 unspecified atom stereocenters. The van der Waals surface area contributed by atoms with Crippen LogP contribution in [0.3, 0.4) is 0 Å². The van der Waals surface area contributed by atoms with E-state index < -0.39 is 5.60 Å². The molecule has 0 fully saturated rings. The summed E-state index contributed by atoms with van der Waals surface area (Å²) in [5, 5.41) is 12.4. The molecule has 3 rings (SSSR count). The highest BCUT2D eigenvalue weighted by Crippen LogP contribution is 2.38. The number of alkyl halides is 1. The van der Waals surface area contributed by atoms with Gasteiger partial charge in [0.15, 0.2) is 0 Å². The second kappa shape index (κ2) is 6.47. The Morgan fingerprint density at radius 1 is 0.682 bits per heavy atom. The third kappa shape index (κ3) is 2.60. The first-order valence-electron chi connectivity index (χ1n) is 7.24. The van der Waals surface area contributed by atoms with Gasteiger partial charge in [0.1, 0.15) is 5.60 Å². The molecule has 0 heterocycles. The van der Waals surface area contributed by atoms with Crippen LogP contribution in [0.5, 0.6) is 0 Å². The van der Waals surface area contributed by atoms with Gasteiger partial charge in [-0.1, -0.05) is 101 Å². The van der Waals surface area contributed by atoms with Crippen LogP contribution < -0.4 is 0 Å². The zero-order valence-corrected chi connectivity index (χ0v) is 13.7. The van der Waals surface area contributed by atoms with Crippen LogP contribution in [0.15, 0.2) is 84.9 Å². The minimum absolute atomic E-state index is 0.700. The molecule has 0 spiro atoms. The van der Waals surface area contributed by atoms with Gasteiger partial charge in [0.25, 0.3) is 0 Å². The fourth-order valence-corrected chi connectivity index (χ4v) is 3.32. The molecule has 0 radical (unpaired) electrons. The average molecular weight is 353 g/mol. The van der Waals surface area contributed by atoms with Crippen LogP contribution in [0.4, 0.5) is 0 Å². The van der Waals surface area contributed by atoms with Gasteiger partial charge in [-0.15, -0.1) is 0 Å². The van der Waals surface area contributed by atoms with E-state index in [-0.39, 0.29) is 0 Å². The lowest BCUT2D eigenvalue weighted by atomic mass is 9.79. The molecule has 0 aromatic heterocycles. The van der Waals surface area contributed by atoms with Gasteiger partial charge in [0.2, 0.25) is 0 Å². The second-order valence-electron chi connectivity index (χ2n) is 5.23. The molecule has 0 atom stereocenters. The smallest absolute Gasteiger partial charge is 0.140 e. The zero-order chi connectivity index (χ0) is 15.4. The lowest BCUT2D eigenvalue weighted by molar-refractivity contribution is 0.125. The van der Waals surface area contributed by atoms with Crippen LogP contribution in [-0.2, 0) is 10.9 Å². The Balaban J connectivity index is 2.29. The summed E-state index contributed by atoms with van der Waals surface area (Å²) >= 11 is 3.53. The summed E-state index contributed by atoms with van der Waals surface area (Å²) in [5.74, 6) is 0. The summed E-state index contributed by atoms with van der Waals surface area (Å²) in [5.41, 5.74) is 2.57. The van der Waals surface area contributed by atoms with Gasteiger partial charge in [-0.2, -0.15) is 0 Å². The van der Waals surface area contributed by atoms with Crippen LogP contribution in [0.2, 0.25) is 0 Å². The van der Waals surface area contributed by atoms with Crippen molar-refractivity contribution in [2.24, 2.45) is 0 Å². The molecule has 0 saturated heterocycles. The highest BCUT2D eigenvalue weighted by Gasteiger charge is 2.35. The number of benzene rings is 3. The van der Waals surface area contributed by atoms with Gasteiger partial charge in [-0.25, -0.2) is 0 Å². The fourth-order valence-electron chi connectivity index (χ4n) is 2.83. The summed E-state index contributed by atoms with van der Waals surface area (Å²) in [6.45, 7) is 0. The first kappa shape index (κ1) is 15.0. The van der Waals surface area contributed by atoms with Crippen LogP contribution in [0, 0.1) is 0 Å². The van der Waals surface area contributed by atoms with Crippen molar-refractivity contribution >= 4 is 15.9 Å². The van der Waals surface area contributed by atoms with Crippen LogP contribution in [0.1, 0.15) is 22.3 Å². The third-order valence-electron chi connectivity index (χ3n) is 3.93. The molecule has 1 nitrogen and oxygen atoms in total. The van der Waals surface area contributed by atoms with Crippen LogP contribution in [0.25, 0.3) is 0 Å². The lowest BCUT2D eigenvalue weighted by Crippen LogP contribution is -2.30. The predicted octanol–water partition coefficient (Wildman–Crippen LogP) is 4.87. The molecular formula is C20H17BrO. The summed E-state index contributed by atoms with van der Waals surface area (Å²) in [7, 11) is 0. The van der Waals surface area contributed by atoms with Crippen molar-refractivity contribution in [3.63, 3.8) is 0 Å². The Kier molecular flexibility index (Phi) is 4.41. The van der Waals surface area contributed by atoms with Crippen molar-refractivity contribution in [1.29, 1.82) is 0 Å². The molecule has 0 aliphatic carbocycles. The van der Waals surface area contributed by atoms with E-state index in [2.05, 4.69) is 15.9 Å². The third-order valence-corrected chi connectivity index (χ3v) is 4.54. The Morgan fingerprint density at radius 2 is 1.14 bits per heavy atom. The molecule has 3 aromatic carbocycles. The van der Waals surface area contributed by atoms with Gasteiger partial charge >= 0.3 is 0 Å². The number of halogens is 1. The Bertz CT molecular complexity index is 698. The van der Waals surface area contributed by atoms with Crippen molar-refractivity contribution in [2.45, 2.75) is 10.9 Å². The summed E-state index contributed by atoms with van der Waals surface area (Å²) < 4.78 is 0. The van der Waals surface area contributed by atoms with Crippen molar-refractivity contribution in [1.82, 2.24) is 0 Å². The zero-order valence-electron chi connectivity index (χ0n) is 12.1. The van der Waals surface area contributed by atoms with Crippen molar-refractivity contribution in [3.8, 4) is 0 Å². The first-order chi connectivity index (χ1) is 10.8. The summed E-state index contributed by atoms with van der Waals surface area (Å²) in [6.07, 6.45) is 0. The number of hydrogen-bond donors (Lipinski definition) is 1. The first-order valence-corrected chi connectivity index (χ1v) is 8.36. The minimum Gasteiger partial charge on any atom is -0.376 e. The van der Waals surface area contributed by atoms with E-state index in [1.807, 2.05) is 84.9 Å². The highest BCUT2D eigenvalue weighted by atomic mass is 79.9. The van der Waals surface area contributed by atoms with Gasteiger partial charge in [-0.3, -0.25) is 0 Å². The van der Waals surface area contributed by atoms with E-state index in [1.54, 1.807) is 0 Å². The molecule has 22 heavy (non-hydrogen) atoms. The summed E-state index contributed by atoms with van der Waals surface area (Å²) in [4.78, 5) is 0. The van der Waals surface area contributed by atoms with Gasteiger partial charge in [0.05, 0.1) is 0 Å². The maximum absolute atomic E-state index is 11.7. The lowest BCUT2D eigenvalue weighted by Gasteiger charge is -2.31. The van der Waals surface area contributed by atoms with Gasteiger partial charge < -0.3 is 5.11 Å². The van der Waals surface area contributed by atoms with Crippen molar-refractivity contribution in [2.75, 3.05) is 0 Å². The average Bonchev–Trinajstić information content (AvgIpc) is 2.62. The molecular weight excluding hydrogens is 336 g/mol. The second-order valence-corrected chi connectivity index (χ2v) is 5.79. The quantitative estimate of drug-likeness (QED) is 0.524. The molecule has 0 aliphatic heterocycles. The SMILES string of the molecule is OC(c1ccccc1)(c1ccccc1)c1ccccc1CBr. The fraction of sp³-hybridized carbons (Fsp3) is 0.100. The maximum Gasteiger partial charge on any atom is 0.140 e. The van der Waals surface area contributed by atoms with E-state index in [4.69, 9.17) is 0 Å². The highest BCUT2D eigenvalue weighted by molar-refractivity contribution is 9.08. The molecule has 3 aromatic rings. The molecule has 0 amide bonds. The van der Waals surface area contributed by atoms with Crippen LogP contribution in [-0.4, -0.2) is 5.11 Å². The Hall–Kier alpha value is -1.90. The Morgan fingerprint density at radius 3 is 1.64 bits per heavy atom. The molecule has 0 bridgehead atoms. The van der Waals surface area contributed by atoms with Crippen LogP contribution >= 0.6 is 15.9 Å². The van der Waals surface area contributed by atoms with E-state index in [1.165, 1.54) is 0 Å². The topological polar surface area (TPSA) is 20.2 Å². The molecule has 110 valence electrons. The van der Waals surface area contributed by atoms with E-state index in [0.717, 1.165) is 22.3 Å². The standard InChI is InChI=1S/C20H17BrO/c21-15-16-9-7-8-14-19(16)20(22,17-10-3-1-4-11-17)18-12-5-2-6-13-18/h1-14,22H,15H2. The van der Waals surface area contributed by atoms with Gasteiger partial charge in [0, 0.05) is 5.33 Å². The number of rotatable bonds is 4. The van der Waals surface area contributed by atoms with Crippen molar-refractivity contribution < 1.29 is 5.11 Å². The number of aliphatic hydroxyl groups is 1. The summed E-state index contributed by atoms with van der Waals surface area (Å²) in [6, 6.07) is 27.6. The monoisotopic (exact) mass is 352 g/mol. The Labute approximate surface area is 139 Å².